The van der Waals surface area contributed by atoms with Crippen molar-refractivity contribution in [3.63, 3.8) is 0 Å². The van der Waals surface area contributed by atoms with Gasteiger partial charge in [0.05, 0.1) is 0 Å². The Hall–Kier alpha value is -0.810. The summed E-state index contributed by atoms with van der Waals surface area (Å²) < 4.78 is 0. The first-order valence-electron chi connectivity index (χ1n) is 8.23. The molecule has 0 saturated carbocycles. The quantitative estimate of drug-likeness (QED) is 0.878. The summed E-state index contributed by atoms with van der Waals surface area (Å²) in [5, 5.41) is 0. The number of benzene rings is 1. The van der Waals surface area contributed by atoms with Crippen LogP contribution in [0.4, 0.5) is 0 Å². The lowest BCUT2D eigenvalue weighted by atomic mass is 10.00. The third-order valence-electron chi connectivity index (χ3n) is 4.83. The molecule has 1 aromatic rings. The standard InChI is InChI=1S/C18H29N3O.2ClH/c1-13(2)21-11-9-16(10-12-21)20(4)18(22)17(19)15-7-5-14(3)6-8-15;;/h5-8,13,16-17H,9-12,19H2,1-4H3;2*1H. The summed E-state index contributed by atoms with van der Waals surface area (Å²) in [7, 11) is 1.89. The summed E-state index contributed by atoms with van der Waals surface area (Å²) in [5.41, 5.74) is 8.24. The first-order valence-corrected chi connectivity index (χ1v) is 8.23. The van der Waals surface area contributed by atoms with E-state index in [1.165, 1.54) is 5.56 Å². The number of nitrogens with zero attached hydrogens (tertiary/aromatic N) is 2. The summed E-state index contributed by atoms with van der Waals surface area (Å²) in [4.78, 5) is 17.0. The summed E-state index contributed by atoms with van der Waals surface area (Å²) in [5.74, 6) is 0.0202. The van der Waals surface area contributed by atoms with Crippen LogP contribution in [0.2, 0.25) is 0 Å². The van der Waals surface area contributed by atoms with Gasteiger partial charge in [0.15, 0.2) is 0 Å². The van der Waals surface area contributed by atoms with Crippen molar-refractivity contribution in [2.75, 3.05) is 20.1 Å². The van der Waals surface area contributed by atoms with Crippen molar-refractivity contribution in [1.82, 2.24) is 9.80 Å². The number of likely N-dealkylation sites (N-methyl/N-ethyl adjacent to an activating group) is 1. The largest absolute Gasteiger partial charge is 0.341 e. The maximum atomic E-state index is 12.6. The van der Waals surface area contributed by atoms with Gasteiger partial charge in [-0.25, -0.2) is 0 Å². The Labute approximate surface area is 158 Å². The predicted molar refractivity (Wildman–Crippen MR) is 105 cm³/mol. The van der Waals surface area contributed by atoms with Crippen molar-refractivity contribution in [3.05, 3.63) is 35.4 Å². The van der Waals surface area contributed by atoms with Crippen LogP contribution in [-0.2, 0) is 4.79 Å². The molecule has 0 spiro atoms. The van der Waals surface area contributed by atoms with Gasteiger partial charge in [0.2, 0.25) is 5.91 Å². The number of nitrogens with two attached hydrogens (primary N) is 1. The minimum Gasteiger partial charge on any atom is -0.341 e. The molecule has 1 heterocycles. The van der Waals surface area contributed by atoms with Gasteiger partial charge in [-0.05, 0) is 39.2 Å². The van der Waals surface area contributed by atoms with Crippen LogP contribution in [0.1, 0.15) is 43.9 Å². The Kier molecular flexibility index (Phi) is 9.90. The number of halogens is 2. The van der Waals surface area contributed by atoms with Gasteiger partial charge < -0.3 is 15.5 Å². The molecule has 1 unspecified atom stereocenters. The molecule has 1 aliphatic rings. The van der Waals surface area contributed by atoms with Crippen LogP contribution in [-0.4, -0.2) is 47.9 Å². The molecule has 138 valence electrons. The summed E-state index contributed by atoms with van der Waals surface area (Å²) in [6.07, 6.45) is 2.06. The Morgan fingerprint density at radius 3 is 2.12 bits per heavy atom. The first kappa shape index (κ1) is 23.2. The van der Waals surface area contributed by atoms with E-state index in [9.17, 15) is 4.79 Å². The molecule has 0 radical (unpaired) electrons. The third-order valence-corrected chi connectivity index (χ3v) is 4.83. The molecule has 0 aromatic heterocycles. The topological polar surface area (TPSA) is 49.6 Å². The van der Waals surface area contributed by atoms with E-state index < -0.39 is 6.04 Å². The van der Waals surface area contributed by atoms with E-state index in [-0.39, 0.29) is 30.7 Å². The van der Waals surface area contributed by atoms with Crippen LogP contribution in [0.25, 0.3) is 0 Å². The molecular formula is C18H31Cl2N3O. The summed E-state index contributed by atoms with van der Waals surface area (Å²) in [6, 6.07) is 8.23. The van der Waals surface area contributed by atoms with Crippen LogP contribution < -0.4 is 5.73 Å². The molecule has 1 atom stereocenters. The van der Waals surface area contributed by atoms with Gasteiger partial charge in [-0.1, -0.05) is 29.8 Å². The van der Waals surface area contributed by atoms with Crippen LogP contribution >= 0.6 is 24.8 Å². The number of amides is 1. The van der Waals surface area contributed by atoms with E-state index in [4.69, 9.17) is 5.73 Å². The van der Waals surface area contributed by atoms with Gasteiger partial charge in [-0.15, -0.1) is 24.8 Å². The highest BCUT2D eigenvalue weighted by Gasteiger charge is 2.29. The molecule has 2 N–H and O–H groups in total. The molecule has 4 nitrogen and oxygen atoms in total. The molecule has 1 aromatic carbocycles. The fraction of sp³-hybridized carbons (Fsp3) is 0.611. The number of rotatable bonds is 4. The number of piperidine rings is 1. The average Bonchev–Trinajstić information content (AvgIpc) is 2.53. The minimum atomic E-state index is -0.561. The van der Waals surface area contributed by atoms with E-state index in [0.29, 0.717) is 12.1 Å². The molecular weight excluding hydrogens is 345 g/mol. The van der Waals surface area contributed by atoms with Gasteiger partial charge >= 0.3 is 0 Å². The van der Waals surface area contributed by atoms with Crippen molar-refractivity contribution >= 4 is 30.7 Å². The van der Waals surface area contributed by atoms with Crippen molar-refractivity contribution in [3.8, 4) is 0 Å². The maximum absolute atomic E-state index is 12.6. The summed E-state index contributed by atoms with van der Waals surface area (Å²) >= 11 is 0. The van der Waals surface area contributed by atoms with Crippen molar-refractivity contribution in [2.45, 2.75) is 51.7 Å². The van der Waals surface area contributed by atoms with Crippen molar-refractivity contribution < 1.29 is 4.79 Å². The van der Waals surface area contributed by atoms with E-state index in [2.05, 4.69) is 18.7 Å². The zero-order valence-corrected chi connectivity index (χ0v) is 16.7. The van der Waals surface area contributed by atoms with E-state index >= 15 is 0 Å². The van der Waals surface area contributed by atoms with Crippen LogP contribution in [0, 0.1) is 6.92 Å². The Morgan fingerprint density at radius 2 is 1.67 bits per heavy atom. The Balaban J connectivity index is 0.00000264. The molecule has 24 heavy (non-hydrogen) atoms. The molecule has 1 amide bonds. The third kappa shape index (κ3) is 5.62. The highest BCUT2D eigenvalue weighted by atomic mass is 35.5. The van der Waals surface area contributed by atoms with Gasteiger partial charge in [0.25, 0.3) is 0 Å². The lowest BCUT2D eigenvalue weighted by molar-refractivity contribution is -0.134. The fourth-order valence-corrected chi connectivity index (χ4v) is 3.11. The Bertz CT molecular complexity index is 499. The number of carbonyl (C=O) groups excluding carboxylic acids is 1. The number of hydrogen-bond donors (Lipinski definition) is 1. The first-order chi connectivity index (χ1) is 10.4. The molecule has 1 aliphatic heterocycles. The van der Waals surface area contributed by atoms with Gasteiger partial charge in [0.1, 0.15) is 6.04 Å². The zero-order chi connectivity index (χ0) is 16.3. The van der Waals surface area contributed by atoms with E-state index in [0.717, 1.165) is 31.5 Å². The maximum Gasteiger partial charge on any atom is 0.244 e. The minimum absolute atomic E-state index is 0. The number of likely N-dealkylation sites (tertiary alicyclic amines) is 1. The van der Waals surface area contributed by atoms with Gasteiger partial charge in [0, 0.05) is 32.2 Å². The molecule has 6 heteroatoms. The summed E-state index contributed by atoms with van der Waals surface area (Å²) in [6.45, 7) is 8.59. The number of hydrogen-bond acceptors (Lipinski definition) is 3. The Morgan fingerprint density at radius 1 is 1.17 bits per heavy atom. The van der Waals surface area contributed by atoms with Gasteiger partial charge in [-0.3, -0.25) is 4.79 Å². The van der Waals surface area contributed by atoms with Crippen molar-refractivity contribution in [1.29, 1.82) is 0 Å². The van der Waals surface area contributed by atoms with Crippen LogP contribution in [0.3, 0.4) is 0 Å². The monoisotopic (exact) mass is 375 g/mol. The smallest absolute Gasteiger partial charge is 0.244 e. The highest BCUT2D eigenvalue weighted by molar-refractivity contribution is 5.85. The van der Waals surface area contributed by atoms with Crippen molar-refractivity contribution in [2.24, 2.45) is 5.73 Å². The molecule has 0 aliphatic carbocycles. The molecule has 2 rings (SSSR count). The van der Waals surface area contributed by atoms with Crippen LogP contribution in [0.15, 0.2) is 24.3 Å². The normalized spacial score (nSPS) is 16.9. The second-order valence-electron chi connectivity index (χ2n) is 6.70. The van der Waals surface area contributed by atoms with Gasteiger partial charge in [-0.2, -0.15) is 0 Å². The SMILES string of the molecule is Cc1ccc(C(N)C(=O)N(C)C2CCN(C(C)C)CC2)cc1.Cl.Cl. The molecule has 1 fully saturated rings. The van der Waals surface area contributed by atoms with E-state index in [1.807, 2.05) is 43.1 Å². The zero-order valence-electron chi connectivity index (χ0n) is 15.1. The fourth-order valence-electron chi connectivity index (χ4n) is 3.11. The lowest BCUT2D eigenvalue weighted by Crippen LogP contribution is -2.49. The highest BCUT2D eigenvalue weighted by Crippen LogP contribution is 2.21. The number of carbonyl (C=O) groups is 1. The lowest BCUT2D eigenvalue weighted by Gasteiger charge is -2.39. The van der Waals surface area contributed by atoms with Crippen LogP contribution in [0.5, 0.6) is 0 Å². The number of aryl methyl sites for hydroxylation is 1. The second kappa shape index (κ2) is 10.2. The van der Waals surface area contributed by atoms with E-state index in [1.54, 1.807) is 0 Å². The molecule has 1 saturated heterocycles. The second-order valence-corrected chi connectivity index (χ2v) is 6.70. The molecule has 0 bridgehead atoms. The average molecular weight is 376 g/mol. The predicted octanol–water partition coefficient (Wildman–Crippen LogP) is 3.17.